The zero-order valence-electron chi connectivity index (χ0n) is 8.19. The van der Waals surface area contributed by atoms with Gasteiger partial charge in [0.05, 0.1) is 17.4 Å². The first-order valence-corrected chi connectivity index (χ1v) is 4.23. The minimum Gasteiger partial charge on any atom is -0.406 e. The minimum absolute atomic E-state index is 0.126. The highest BCUT2D eigenvalue weighted by Crippen LogP contribution is 2.28. The highest BCUT2D eigenvalue weighted by molar-refractivity contribution is 5.46. The zero-order valence-corrected chi connectivity index (χ0v) is 8.19. The molecule has 0 saturated carbocycles. The Labute approximate surface area is 93.2 Å². The lowest BCUT2D eigenvalue weighted by molar-refractivity contribution is -0.385. The van der Waals surface area contributed by atoms with E-state index in [4.69, 9.17) is 5.26 Å². The summed E-state index contributed by atoms with van der Waals surface area (Å²) in [6, 6.07) is 4.15. The third-order valence-corrected chi connectivity index (χ3v) is 1.75. The van der Waals surface area contributed by atoms with Crippen molar-refractivity contribution in [1.29, 1.82) is 5.26 Å². The molecule has 0 unspecified atom stereocenters. The van der Waals surface area contributed by atoms with E-state index in [1.165, 1.54) is 0 Å². The van der Waals surface area contributed by atoms with Crippen LogP contribution < -0.4 is 4.74 Å². The molecule has 8 heteroatoms. The standard InChI is InChI=1S/C9H5F3N2O3/c10-9(11,12)17-7-1-2-8(14(15)16)6(5-7)3-4-13/h1-2,5H,3H2. The molecule has 0 bridgehead atoms. The largest absolute Gasteiger partial charge is 0.573 e. The smallest absolute Gasteiger partial charge is 0.406 e. The number of rotatable bonds is 3. The number of nitro groups is 1. The summed E-state index contributed by atoms with van der Waals surface area (Å²) < 4.78 is 39.3. The van der Waals surface area contributed by atoms with Crippen molar-refractivity contribution in [2.24, 2.45) is 0 Å². The number of hydrogen-bond donors (Lipinski definition) is 0. The predicted molar refractivity (Wildman–Crippen MR) is 49.1 cm³/mol. The molecule has 0 aliphatic heterocycles. The minimum atomic E-state index is -4.87. The van der Waals surface area contributed by atoms with Gasteiger partial charge in [-0.25, -0.2) is 0 Å². The van der Waals surface area contributed by atoms with Crippen LogP contribution in [-0.2, 0) is 6.42 Å². The molecule has 0 fully saturated rings. The molecule has 1 rings (SSSR count). The van der Waals surface area contributed by atoms with Gasteiger partial charge in [-0.15, -0.1) is 13.2 Å². The van der Waals surface area contributed by atoms with Gasteiger partial charge in [-0.1, -0.05) is 0 Å². The molecule has 0 aromatic heterocycles. The van der Waals surface area contributed by atoms with Crippen molar-refractivity contribution in [2.45, 2.75) is 12.8 Å². The molecule has 0 aliphatic rings. The number of alkyl halides is 3. The first kappa shape index (κ1) is 12.8. The van der Waals surface area contributed by atoms with Crippen LogP contribution in [0.25, 0.3) is 0 Å². The summed E-state index contributed by atoms with van der Waals surface area (Å²) in [7, 11) is 0. The molecule has 0 amide bonds. The molecule has 0 spiro atoms. The van der Waals surface area contributed by atoms with Gasteiger partial charge in [-0.3, -0.25) is 10.1 Å². The average molecular weight is 246 g/mol. The average Bonchev–Trinajstić information content (AvgIpc) is 2.15. The number of benzene rings is 1. The quantitative estimate of drug-likeness (QED) is 0.606. The van der Waals surface area contributed by atoms with Gasteiger partial charge in [0.2, 0.25) is 0 Å². The molecule has 0 N–H and O–H groups in total. The van der Waals surface area contributed by atoms with Gasteiger partial charge < -0.3 is 4.74 Å². The van der Waals surface area contributed by atoms with E-state index in [1.54, 1.807) is 6.07 Å². The lowest BCUT2D eigenvalue weighted by atomic mass is 10.1. The molecule has 0 saturated heterocycles. The van der Waals surface area contributed by atoms with Crippen molar-refractivity contribution in [3.05, 3.63) is 33.9 Å². The van der Waals surface area contributed by atoms with Crippen molar-refractivity contribution in [2.75, 3.05) is 0 Å². The van der Waals surface area contributed by atoms with E-state index in [1.807, 2.05) is 0 Å². The first-order valence-electron chi connectivity index (χ1n) is 4.23. The Balaban J connectivity index is 3.10. The fraction of sp³-hybridized carbons (Fsp3) is 0.222. The Morgan fingerprint density at radius 3 is 2.59 bits per heavy atom. The van der Waals surface area contributed by atoms with Crippen LogP contribution >= 0.6 is 0 Å². The molecule has 1 aromatic carbocycles. The maximum atomic E-state index is 11.9. The van der Waals surface area contributed by atoms with Gasteiger partial charge >= 0.3 is 6.36 Å². The Morgan fingerprint density at radius 1 is 1.47 bits per heavy atom. The SMILES string of the molecule is N#CCc1cc(OC(F)(F)F)ccc1[N+](=O)[O-]. The Bertz CT molecular complexity index is 479. The van der Waals surface area contributed by atoms with Gasteiger partial charge in [0.15, 0.2) is 0 Å². The number of nitrogens with zero attached hydrogens (tertiary/aromatic N) is 2. The Morgan fingerprint density at radius 2 is 2.12 bits per heavy atom. The van der Waals surface area contributed by atoms with Crippen LogP contribution in [0.3, 0.4) is 0 Å². The van der Waals surface area contributed by atoms with Gasteiger partial charge in [0.25, 0.3) is 5.69 Å². The number of ether oxygens (including phenoxy) is 1. The van der Waals surface area contributed by atoms with E-state index in [0.717, 1.165) is 18.2 Å². The molecule has 17 heavy (non-hydrogen) atoms. The third kappa shape index (κ3) is 3.64. The van der Waals surface area contributed by atoms with E-state index < -0.39 is 22.7 Å². The molecule has 0 radical (unpaired) electrons. The van der Waals surface area contributed by atoms with Crippen molar-refractivity contribution in [3.8, 4) is 11.8 Å². The summed E-state index contributed by atoms with van der Waals surface area (Å²) in [4.78, 5) is 9.75. The van der Waals surface area contributed by atoms with Crippen LogP contribution in [0.1, 0.15) is 5.56 Å². The summed E-state index contributed by atoms with van der Waals surface area (Å²) in [5.74, 6) is -0.589. The van der Waals surface area contributed by atoms with Crippen molar-refractivity contribution < 1.29 is 22.8 Å². The van der Waals surface area contributed by atoms with Crippen LogP contribution in [0, 0.1) is 21.4 Å². The van der Waals surface area contributed by atoms with Crippen LogP contribution in [0.5, 0.6) is 5.75 Å². The van der Waals surface area contributed by atoms with Gasteiger partial charge in [-0.05, 0) is 12.1 Å². The van der Waals surface area contributed by atoms with E-state index in [2.05, 4.69) is 4.74 Å². The van der Waals surface area contributed by atoms with Gasteiger partial charge in [-0.2, -0.15) is 5.26 Å². The lowest BCUT2D eigenvalue weighted by Gasteiger charge is -2.09. The van der Waals surface area contributed by atoms with Gasteiger partial charge in [0, 0.05) is 11.6 Å². The zero-order chi connectivity index (χ0) is 13.1. The monoisotopic (exact) mass is 246 g/mol. The Hall–Kier alpha value is -2.30. The van der Waals surface area contributed by atoms with Crippen molar-refractivity contribution >= 4 is 5.69 Å². The normalized spacial score (nSPS) is 10.7. The van der Waals surface area contributed by atoms with E-state index in [-0.39, 0.29) is 12.0 Å². The molecule has 90 valence electrons. The van der Waals surface area contributed by atoms with Crippen LogP contribution in [0.2, 0.25) is 0 Å². The lowest BCUT2D eigenvalue weighted by Crippen LogP contribution is -2.17. The van der Waals surface area contributed by atoms with E-state index in [0.29, 0.717) is 0 Å². The fourth-order valence-corrected chi connectivity index (χ4v) is 1.16. The number of hydrogen-bond acceptors (Lipinski definition) is 4. The van der Waals surface area contributed by atoms with Crippen molar-refractivity contribution in [3.63, 3.8) is 0 Å². The summed E-state index contributed by atoms with van der Waals surface area (Å²) in [6.07, 6.45) is -5.24. The second-order valence-corrected chi connectivity index (χ2v) is 2.93. The molecule has 5 nitrogen and oxygen atoms in total. The van der Waals surface area contributed by atoms with Crippen LogP contribution in [0.4, 0.5) is 18.9 Å². The fourth-order valence-electron chi connectivity index (χ4n) is 1.16. The van der Waals surface area contributed by atoms with E-state index >= 15 is 0 Å². The second-order valence-electron chi connectivity index (χ2n) is 2.93. The second kappa shape index (κ2) is 4.69. The highest BCUT2D eigenvalue weighted by Gasteiger charge is 2.31. The summed E-state index contributed by atoms with van der Waals surface area (Å²) in [5, 5.41) is 18.9. The molecular formula is C9H5F3N2O3. The highest BCUT2D eigenvalue weighted by atomic mass is 19.4. The van der Waals surface area contributed by atoms with Crippen molar-refractivity contribution in [1.82, 2.24) is 0 Å². The predicted octanol–water partition coefficient (Wildman–Crippen LogP) is 2.56. The summed E-state index contributed by atoms with van der Waals surface area (Å²) in [6.45, 7) is 0. The van der Waals surface area contributed by atoms with Crippen LogP contribution in [0.15, 0.2) is 18.2 Å². The van der Waals surface area contributed by atoms with E-state index in [9.17, 15) is 23.3 Å². The summed E-state index contributed by atoms with van der Waals surface area (Å²) >= 11 is 0. The third-order valence-electron chi connectivity index (χ3n) is 1.75. The van der Waals surface area contributed by atoms with Gasteiger partial charge in [0.1, 0.15) is 5.75 Å². The molecule has 0 heterocycles. The number of halogens is 3. The first-order chi connectivity index (χ1) is 7.83. The number of nitro benzene ring substituents is 1. The van der Waals surface area contributed by atoms with Crippen LogP contribution in [-0.4, -0.2) is 11.3 Å². The maximum Gasteiger partial charge on any atom is 0.573 e. The molecule has 1 aromatic rings. The molecule has 0 aliphatic carbocycles. The molecular weight excluding hydrogens is 241 g/mol. The topological polar surface area (TPSA) is 76.2 Å². The number of nitriles is 1. The Kier molecular flexibility index (Phi) is 3.52. The molecule has 0 atom stereocenters. The maximum absolute atomic E-state index is 11.9. The summed E-state index contributed by atoms with van der Waals surface area (Å²) in [5.41, 5.74) is -0.541.